The second-order valence-electron chi connectivity index (χ2n) is 3.56. The van der Waals surface area contributed by atoms with Gasteiger partial charge >= 0.3 is 0 Å². The number of nitrogens with zero attached hydrogens (tertiary/aromatic N) is 1. The number of allylic oxidation sites excluding steroid dienone is 1. The summed E-state index contributed by atoms with van der Waals surface area (Å²) in [6.45, 7) is 9.46. The van der Waals surface area contributed by atoms with E-state index in [-0.39, 0.29) is 17.7 Å². The average Bonchev–Trinajstić information content (AvgIpc) is 2.32. The summed E-state index contributed by atoms with van der Waals surface area (Å²) in [5.41, 5.74) is 5.36. The normalized spacial score (nSPS) is 10.2. The van der Waals surface area contributed by atoms with Crippen LogP contribution in [0, 0.1) is 5.92 Å². The topological polar surface area (TPSA) is 89.6 Å². The third-order valence-electron chi connectivity index (χ3n) is 1.33. The molecule has 0 unspecified atom stereocenters. The monoisotopic (exact) mass is 256 g/mol. The maximum atomic E-state index is 10.8. The van der Waals surface area contributed by atoms with Crippen molar-refractivity contribution in [3.63, 3.8) is 0 Å². The molecule has 0 bridgehead atoms. The number of hydrogen-bond donors (Lipinski definition) is 1. The molecule has 104 valence electrons. The van der Waals surface area contributed by atoms with E-state index >= 15 is 0 Å². The second kappa shape index (κ2) is 17.6. The third-order valence-corrected chi connectivity index (χ3v) is 1.33. The fraction of sp³-hybridized carbons (Fsp3) is 0.538. The van der Waals surface area contributed by atoms with Crippen LogP contribution in [0.3, 0.4) is 0 Å². The van der Waals surface area contributed by atoms with Gasteiger partial charge in [0.25, 0.3) is 0 Å². The summed E-state index contributed by atoms with van der Waals surface area (Å²) in [7, 11) is 0. The fourth-order valence-electron chi connectivity index (χ4n) is 0.622. The molecule has 0 saturated carbocycles. The number of carbonyl (C=O) groups excluding carboxylic acids is 3. The lowest BCUT2D eigenvalue weighted by Gasteiger charge is -1.91. The van der Waals surface area contributed by atoms with Crippen LogP contribution in [0.1, 0.15) is 40.5 Å². The van der Waals surface area contributed by atoms with Crippen LogP contribution in [0.2, 0.25) is 0 Å². The van der Waals surface area contributed by atoms with Gasteiger partial charge in [0.2, 0.25) is 5.91 Å². The van der Waals surface area contributed by atoms with Gasteiger partial charge in [-0.1, -0.05) is 26.8 Å². The summed E-state index contributed by atoms with van der Waals surface area (Å²) in [5, 5.41) is 0. The van der Waals surface area contributed by atoms with E-state index in [1.54, 1.807) is 12.2 Å². The second-order valence-corrected chi connectivity index (χ2v) is 3.56. The Kier molecular flexibility index (Phi) is 21.0. The molecule has 0 fully saturated rings. The molecule has 0 rings (SSSR count). The summed E-state index contributed by atoms with van der Waals surface area (Å²) in [4.78, 5) is 32.0. The molecule has 0 aliphatic rings. The van der Waals surface area contributed by atoms with Crippen LogP contribution in [-0.4, -0.2) is 24.8 Å². The first-order valence-electron chi connectivity index (χ1n) is 5.71. The first-order valence-corrected chi connectivity index (χ1v) is 5.71. The van der Waals surface area contributed by atoms with Crippen molar-refractivity contribution < 1.29 is 14.4 Å². The van der Waals surface area contributed by atoms with E-state index in [4.69, 9.17) is 10.5 Å². The SMILES string of the molecule is C/C=C\C(N)=NC(=O)CCC.C=O.CC(C)C=O. The van der Waals surface area contributed by atoms with E-state index in [0.29, 0.717) is 6.42 Å². The quantitative estimate of drug-likeness (QED) is 0.472. The molecule has 0 aliphatic carbocycles. The summed E-state index contributed by atoms with van der Waals surface area (Å²) < 4.78 is 0. The van der Waals surface area contributed by atoms with E-state index < -0.39 is 0 Å². The summed E-state index contributed by atoms with van der Waals surface area (Å²) in [6, 6.07) is 0. The maximum absolute atomic E-state index is 10.8. The Morgan fingerprint density at radius 1 is 1.39 bits per heavy atom. The van der Waals surface area contributed by atoms with Gasteiger partial charge < -0.3 is 15.3 Å². The van der Waals surface area contributed by atoms with Crippen LogP contribution >= 0.6 is 0 Å². The summed E-state index contributed by atoms with van der Waals surface area (Å²) in [6.07, 6.45) is 5.55. The average molecular weight is 256 g/mol. The number of aldehydes is 1. The Bertz CT molecular complexity index is 271. The lowest BCUT2D eigenvalue weighted by atomic mass is 10.3. The zero-order valence-electron chi connectivity index (χ0n) is 11.7. The zero-order chi connectivity index (χ0) is 15.0. The summed E-state index contributed by atoms with van der Waals surface area (Å²) >= 11 is 0. The molecule has 0 radical (unpaired) electrons. The van der Waals surface area contributed by atoms with Crippen molar-refractivity contribution in [1.82, 2.24) is 0 Å². The molecule has 2 N–H and O–H groups in total. The first-order chi connectivity index (χ1) is 8.47. The van der Waals surface area contributed by atoms with Gasteiger partial charge in [-0.25, -0.2) is 0 Å². The Hall–Kier alpha value is -1.78. The molecule has 0 saturated heterocycles. The molecule has 1 amide bonds. The van der Waals surface area contributed by atoms with Crippen LogP contribution in [0.15, 0.2) is 17.1 Å². The summed E-state index contributed by atoms with van der Waals surface area (Å²) in [5.74, 6) is 0.337. The van der Waals surface area contributed by atoms with E-state index in [1.807, 2.05) is 34.5 Å². The van der Waals surface area contributed by atoms with Gasteiger partial charge in [-0.05, 0) is 19.4 Å². The lowest BCUT2D eigenvalue weighted by molar-refractivity contribution is -0.117. The Morgan fingerprint density at radius 3 is 2.11 bits per heavy atom. The fourth-order valence-corrected chi connectivity index (χ4v) is 0.622. The van der Waals surface area contributed by atoms with E-state index in [0.717, 1.165) is 12.7 Å². The highest BCUT2D eigenvalue weighted by atomic mass is 16.1. The van der Waals surface area contributed by atoms with E-state index in [1.165, 1.54) is 0 Å². The number of carbonyl (C=O) groups is 3. The van der Waals surface area contributed by atoms with Crippen molar-refractivity contribution in [3.8, 4) is 0 Å². The van der Waals surface area contributed by atoms with Crippen LogP contribution in [-0.2, 0) is 14.4 Å². The van der Waals surface area contributed by atoms with Crippen molar-refractivity contribution >= 4 is 24.8 Å². The van der Waals surface area contributed by atoms with Crippen molar-refractivity contribution in [1.29, 1.82) is 0 Å². The van der Waals surface area contributed by atoms with Gasteiger partial charge in [-0.2, -0.15) is 4.99 Å². The van der Waals surface area contributed by atoms with Crippen molar-refractivity contribution in [3.05, 3.63) is 12.2 Å². The molecule has 0 aromatic carbocycles. The first kappa shape index (κ1) is 21.5. The van der Waals surface area contributed by atoms with Crippen LogP contribution in [0.25, 0.3) is 0 Å². The van der Waals surface area contributed by atoms with E-state index in [2.05, 4.69) is 4.99 Å². The van der Waals surface area contributed by atoms with Gasteiger partial charge in [0.15, 0.2) is 0 Å². The number of rotatable bonds is 4. The predicted molar refractivity (Wildman–Crippen MR) is 74.4 cm³/mol. The van der Waals surface area contributed by atoms with Gasteiger partial charge in [0.1, 0.15) is 18.9 Å². The molecular weight excluding hydrogens is 232 g/mol. The van der Waals surface area contributed by atoms with Gasteiger partial charge in [0, 0.05) is 12.3 Å². The largest absolute Gasteiger partial charge is 0.384 e. The molecule has 0 aromatic heterocycles. The molecule has 0 heterocycles. The molecule has 5 nitrogen and oxygen atoms in total. The number of amidine groups is 1. The number of amides is 1. The number of hydrogen-bond acceptors (Lipinski definition) is 3. The predicted octanol–water partition coefficient (Wildman–Crippen LogP) is 1.90. The minimum absolute atomic E-state index is 0.150. The molecule has 5 heteroatoms. The molecule has 18 heavy (non-hydrogen) atoms. The molecule has 0 aliphatic heterocycles. The van der Waals surface area contributed by atoms with Crippen LogP contribution in [0.5, 0.6) is 0 Å². The highest BCUT2D eigenvalue weighted by molar-refractivity contribution is 5.99. The highest BCUT2D eigenvalue weighted by Crippen LogP contribution is 1.90. The van der Waals surface area contributed by atoms with Crippen molar-refractivity contribution in [2.75, 3.05) is 0 Å². The van der Waals surface area contributed by atoms with Gasteiger partial charge in [-0.15, -0.1) is 0 Å². The zero-order valence-corrected chi connectivity index (χ0v) is 11.7. The standard InChI is InChI=1S/C8H14N2O.C4H8O.CH2O/c1-3-5-7(9)10-8(11)6-4-2;1-4(2)3-5;1-2/h3,5H,4,6H2,1-2H3,(H2,9,10,11);3-4H,1-2H3;1H2/b5-3-;;. The van der Waals surface area contributed by atoms with Crippen molar-refractivity contribution in [2.24, 2.45) is 16.6 Å². The van der Waals surface area contributed by atoms with E-state index in [9.17, 15) is 9.59 Å². The highest BCUT2D eigenvalue weighted by Gasteiger charge is 1.95. The number of nitrogens with two attached hydrogens (primary N) is 1. The van der Waals surface area contributed by atoms with Crippen molar-refractivity contribution in [2.45, 2.75) is 40.5 Å². The minimum Gasteiger partial charge on any atom is -0.384 e. The molecule has 0 aromatic rings. The lowest BCUT2D eigenvalue weighted by Crippen LogP contribution is -2.10. The Morgan fingerprint density at radius 2 is 1.83 bits per heavy atom. The smallest absolute Gasteiger partial charge is 0.247 e. The Balaban J connectivity index is -0.000000270. The minimum atomic E-state index is -0.150. The third kappa shape index (κ3) is 23.8. The maximum Gasteiger partial charge on any atom is 0.247 e. The molecular formula is C13H24N2O3. The van der Waals surface area contributed by atoms with Crippen LogP contribution in [0.4, 0.5) is 0 Å². The Labute approximate surface area is 109 Å². The number of aliphatic imine (C=N–C) groups is 1. The van der Waals surface area contributed by atoms with Gasteiger partial charge in [0.05, 0.1) is 0 Å². The van der Waals surface area contributed by atoms with Crippen LogP contribution < -0.4 is 5.73 Å². The molecule has 0 spiro atoms. The van der Waals surface area contributed by atoms with Gasteiger partial charge in [-0.3, -0.25) is 4.79 Å². The molecule has 0 atom stereocenters.